The summed E-state index contributed by atoms with van der Waals surface area (Å²) in [6.45, 7) is 5.11. The summed E-state index contributed by atoms with van der Waals surface area (Å²) < 4.78 is 13.0. The summed E-state index contributed by atoms with van der Waals surface area (Å²) in [7, 11) is 0. The number of aromatic nitrogens is 3. The van der Waals surface area contributed by atoms with Crippen molar-refractivity contribution in [1.29, 1.82) is 0 Å². The predicted octanol–water partition coefficient (Wildman–Crippen LogP) is 1.29. The van der Waals surface area contributed by atoms with Crippen LogP contribution < -0.4 is 5.32 Å². The molecule has 2 aromatic rings. The first kappa shape index (κ1) is 11.4. The van der Waals surface area contributed by atoms with Gasteiger partial charge in [-0.1, -0.05) is 0 Å². The Morgan fingerprint density at radius 2 is 2.39 bits per heavy atom. The van der Waals surface area contributed by atoms with E-state index in [2.05, 4.69) is 15.4 Å². The summed E-state index contributed by atoms with van der Waals surface area (Å²) in [6, 6.07) is 1.92. The first-order valence-electron chi connectivity index (χ1n) is 5.98. The Labute approximate surface area is 105 Å². The van der Waals surface area contributed by atoms with Crippen LogP contribution in [0.4, 0.5) is 5.82 Å². The van der Waals surface area contributed by atoms with Gasteiger partial charge < -0.3 is 14.8 Å². The average molecular weight is 248 g/mol. The van der Waals surface area contributed by atoms with Crippen molar-refractivity contribution in [2.24, 2.45) is 0 Å². The molecule has 1 aliphatic rings. The van der Waals surface area contributed by atoms with Crippen molar-refractivity contribution in [3.05, 3.63) is 24.7 Å². The van der Waals surface area contributed by atoms with E-state index in [1.165, 1.54) is 0 Å². The van der Waals surface area contributed by atoms with Crippen LogP contribution >= 0.6 is 0 Å². The molecule has 0 bridgehead atoms. The molecular formula is C12H16N4O2. The zero-order valence-corrected chi connectivity index (χ0v) is 10.5. The Hall–Kier alpha value is -1.66. The van der Waals surface area contributed by atoms with Crippen molar-refractivity contribution in [3.63, 3.8) is 0 Å². The molecule has 6 heteroatoms. The van der Waals surface area contributed by atoms with Gasteiger partial charge in [-0.2, -0.15) is 5.10 Å². The Morgan fingerprint density at radius 3 is 3.17 bits per heavy atom. The van der Waals surface area contributed by atoms with E-state index >= 15 is 0 Å². The fourth-order valence-electron chi connectivity index (χ4n) is 2.07. The van der Waals surface area contributed by atoms with Crippen LogP contribution in [0, 0.1) is 0 Å². The Balaban J connectivity index is 1.69. The zero-order chi connectivity index (χ0) is 12.6. The minimum Gasteiger partial charge on any atom is -0.366 e. The van der Waals surface area contributed by atoms with E-state index < -0.39 is 5.79 Å². The quantitative estimate of drug-likeness (QED) is 0.887. The second kappa shape index (κ2) is 4.22. The van der Waals surface area contributed by atoms with Crippen LogP contribution in [0.25, 0.3) is 5.52 Å². The zero-order valence-electron chi connectivity index (χ0n) is 10.5. The van der Waals surface area contributed by atoms with E-state index in [4.69, 9.17) is 9.47 Å². The normalized spacial score (nSPS) is 22.4. The molecule has 1 fully saturated rings. The topological polar surface area (TPSA) is 60.7 Å². The van der Waals surface area contributed by atoms with Gasteiger partial charge in [0.05, 0.1) is 12.8 Å². The van der Waals surface area contributed by atoms with Crippen molar-refractivity contribution < 1.29 is 9.47 Å². The summed E-state index contributed by atoms with van der Waals surface area (Å²) >= 11 is 0. The lowest BCUT2D eigenvalue weighted by atomic mass is 10.3. The molecule has 0 aromatic carbocycles. The molecule has 1 unspecified atom stereocenters. The lowest BCUT2D eigenvalue weighted by Crippen LogP contribution is -2.26. The van der Waals surface area contributed by atoms with Crippen molar-refractivity contribution in [1.82, 2.24) is 14.6 Å². The first-order chi connectivity index (χ1) is 8.64. The highest BCUT2D eigenvalue weighted by Gasteiger charge is 2.32. The summed E-state index contributed by atoms with van der Waals surface area (Å²) in [5.41, 5.74) is 0.954. The highest BCUT2D eigenvalue weighted by Crippen LogP contribution is 2.22. The van der Waals surface area contributed by atoms with E-state index in [1.807, 2.05) is 26.1 Å². The first-order valence-corrected chi connectivity index (χ1v) is 5.98. The summed E-state index contributed by atoms with van der Waals surface area (Å²) in [5, 5.41) is 7.44. The van der Waals surface area contributed by atoms with Crippen LogP contribution in [0.3, 0.4) is 0 Å². The number of nitrogens with one attached hydrogen (secondary N) is 1. The van der Waals surface area contributed by atoms with E-state index in [0.29, 0.717) is 13.2 Å². The van der Waals surface area contributed by atoms with E-state index in [-0.39, 0.29) is 6.10 Å². The smallest absolute Gasteiger partial charge is 0.163 e. The van der Waals surface area contributed by atoms with E-state index in [9.17, 15) is 0 Å². The van der Waals surface area contributed by atoms with Gasteiger partial charge in [0.1, 0.15) is 11.6 Å². The molecule has 0 aliphatic carbocycles. The number of hydrogen-bond donors (Lipinski definition) is 1. The fraction of sp³-hybridized carbons (Fsp3) is 0.500. The maximum absolute atomic E-state index is 5.73. The summed E-state index contributed by atoms with van der Waals surface area (Å²) in [6.07, 6.45) is 5.34. The van der Waals surface area contributed by atoms with Gasteiger partial charge in [-0.15, -0.1) is 0 Å². The third-order valence-electron chi connectivity index (χ3n) is 2.89. The molecule has 6 nitrogen and oxygen atoms in total. The second-order valence-corrected chi connectivity index (χ2v) is 4.77. The molecule has 3 heterocycles. The number of fused-ring (bicyclic) bond motifs is 1. The highest BCUT2D eigenvalue weighted by atomic mass is 16.7. The average Bonchev–Trinajstić information content (AvgIpc) is 2.92. The number of nitrogens with zero attached hydrogens (tertiary/aromatic N) is 3. The molecule has 0 amide bonds. The van der Waals surface area contributed by atoms with Crippen LogP contribution in [0.1, 0.15) is 13.8 Å². The molecular weight excluding hydrogens is 232 g/mol. The second-order valence-electron chi connectivity index (χ2n) is 4.77. The maximum atomic E-state index is 5.73. The molecule has 18 heavy (non-hydrogen) atoms. The fourth-order valence-corrected chi connectivity index (χ4v) is 2.07. The molecule has 1 atom stereocenters. The summed E-state index contributed by atoms with van der Waals surface area (Å²) in [4.78, 5) is 4.31. The van der Waals surface area contributed by atoms with Gasteiger partial charge >= 0.3 is 0 Å². The Morgan fingerprint density at radius 1 is 1.50 bits per heavy atom. The lowest BCUT2D eigenvalue weighted by Gasteiger charge is -2.17. The third kappa shape index (κ3) is 2.16. The molecule has 0 radical (unpaired) electrons. The van der Waals surface area contributed by atoms with Gasteiger partial charge in [0.15, 0.2) is 11.6 Å². The SMILES string of the molecule is CC1(C)OCC(CNc2nccn3nccc23)O1. The van der Waals surface area contributed by atoms with Crippen LogP contribution in [0.5, 0.6) is 0 Å². The molecule has 0 saturated carbocycles. The Bertz CT molecular complexity index is 552. The molecule has 1 saturated heterocycles. The molecule has 0 spiro atoms. The highest BCUT2D eigenvalue weighted by molar-refractivity contribution is 5.66. The third-order valence-corrected chi connectivity index (χ3v) is 2.89. The predicted molar refractivity (Wildman–Crippen MR) is 66.4 cm³/mol. The van der Waals surface area contributed by atoms with Crippen LogP contribution in [-0.4, -0.2) is 39.6 Å². The molecule has 96 valence electrons. The van der Waals surface area contributed by atoms with Gasteiger partial charge in [-0.05, 0) is 19.9 Å². The molecule has 1 N–H and O–H groups in total. The van der Waals surface area contributed by atoms with Crippen molar-refractivity contribution in [2.75, 3.05) is 18.5 Å². The Kier molecular flexibility index (Phi) is 2.68. The van der Waals surface area contributed by atoms with Crippen molar-refractivity contribution in [2.45, 2.75) is 25.7 Å². The van der Waals surface area contributed by atoms with Crippen LogP contribution in [0.2, 0.25) is 0 Å². The van der Waals surface area contributed by atoms with Gasteiger partial charge in [0.25, 0.3) is 0 Å². The van der Waals surface area contributed by atoms with Gasteiger partial charge in [-0.25, -0.2) is 9.50 Å². The van der Waals surface area contributed by atoms with Crippen LogP contribution in [0.15, 0.2) is 24.7 Å². The van der Waals surface area contributed by atoms with Gasteiger partial charge in [-0.3, -0.25) is 0 Å². The largest absolute Gasteiger partial charge is 0.366 e. The number of hydrogen-bond acceptors (Lipinski definition) is 5. The van der Waals surface area contributed by atoms with Crippen molar-refractivity contribution >= 4 is 11.3 Å². The minimum absolute atomic E-state index is 0.0463. The minimum atomic E-state index is -0.484. The number of rotatable bonds is 3. The number of ether oxygens (including phenoxy) is 2. The summed E-state index contributed by atoms with van der Waals surface area (Å²) in [5.74, 6) is 0.325. The van der Waals surface area contributed by atoms with E-state index in [0.717, 1.165) is 11.3 Å². The van der Waals surface area contributed by atoms with Gasteiger partial charge in [0, 0.05) is 18.9 Å². The standard InChI is InChI=1S/C12H16N4O2/c1-12(2)17-8-9(18-12)7-14-11-10-3-4-15-16(10)6-5-13-11/h3-6,9H,7-8H2,1-2H3,(H,13,14). The van der Waals surface area contributed by atoms with Crippen LogP contribution in [-0.2, 0) is 9.47 Å². The monoisotopic (exact) mass is 248 g/mol. The van der Waals surface area contributed by atoms with E-state index in [1.54, 1.807) is 16.9 Å². The molecule has 3 rings (SSSR count). The van der Waals surface area contributed by atoms with Gasteiger partial charge in [0.2, 0.25) is 0 Å². The maximum Gasteiger partial charge on any atom is 0.163 e. The number of anilines is 1. The molecule has 1 aliphatic heterocycles. The van der Waals surface area contributed by atoms with Crippen molar-refractivity contribution in [3.8, 4) is 0 Å². The molecule has 2 aromatic heterocycles. The lowest BCUT2D eigenvalue weighted by molar-refractivity contribution is -0.136.